The van der Waals surface area contributed by atoms with Crippen molar-refractivity contribution in [3.63, 3.8) is 0 Å². The molecule has 102 valence electrons. The van der Waals surface area contributed by atoms with E-state index in [1.807, 2.05) is 0 Å². The van der Waals surface area contributed by atoms with Gasteiger partial charge in [-0.25, -0.2) is 4.98 Å². The van der Waals surface area contributed by atoms with Crippen molar-refractivity contribution in [1.82, 2.24) is 4.98 Å². The van der Waals surface area contributed by atoms with Crippen molar-refractivity contribution in [1.29, 1.82) is 5.26 Å². The van der Waals surface area contributed by atoms with Gasteiger partial charge in [0, 0.05) is 12.3 Å². The van der Waals surface area contributed by atoms with Crippen LogP contribution >= 0.6 is 0 Å². The minimum atomic E-state index is -4.62. The summed E-state index contributed by atoms with van der Waals surface area (Å²) >= 11 is 0. The number of aromatic nitrogens is 1. The Bertz CT molecular complexity index is 677. The molecule has 4 nitrogen and oxygen atoms in total. The molecule has 7 heteroatoms. The Kier molecular flexibility index (Phi) is 3.48. The number of ether oxygens (including phenoxy) is 1. The Morgan fingerprint density at radius 2 is 1.95 bits per heavy atom. The maximum absolute atomic E-state index is 12.9. The molecule has 0 saturated carbocycles. The highest BCUT2D eigenvalue weighted by molar-refractivity contribution is 5.46. The molecule has 0 fully saturated rings. The zero-order valence-corrected chi connectivity index (χ0v) is 9.98. The highest BCUT2D eigenvalue weighted by Gasteiger charge is 2.35. The first-order valence-electron chi connectivity index (χ1n) is 5.41. The average molecular weight is 279 g/mol. The van der Waals surface area contributed by atoms with Gasteiger partial charge >= 0.3 is 6.18 Å². The van der Waals surface area contributed by atoms with Gasteiger partial charge in [-0.15, -0.1) is 0 Å². The molecule has 0 saturated heterocycles. The van der Waals surface area contributed by atoms with Gasteiger partial charge < -0.3 is 10.5 Å². The summed E-state index contributed by atoms with van der Waals surface area (Å²) in [4.78, 5) is 3.71. The monoisotopic (exact) mass is 279 g/mol. The van der Waals surface area contributed by atoms with E-state index in [4.69, 9.17) is 15.7 Å². The summed E-state index contributed by atoms with van der Waals surface area (Å²) in [5.74, 6) is -0.139. The Balaban J connectivity index is 2.44. The van der Waals surface area contributed by atoms with Crippen LogP contribution in [0.3, 0.4) is 0 Å². The van der Waals surface area contributed by atoms with E-state index in [2.05, 4.69) is 4.98 Å². The van der Waals surface area contributed by atoms with Crippen molar-refractivity contribution in [3.8, 4) is 17.6 Å². The number of nitriles is 1. The van der Waals surface area contributed by atoms with Crippen LogP contribution in [0.15, 0.2) is 36.5 Å². The first-order valence-corrected chi connectivity index (χ1v) is 5.41. The van der Waals surface area contributed by atoms with Crippen LogP contribution in [0.2, 0.25) is 0 Å². The molecular weight excluding hydrogens is 271 g/mol. The van der Waals surface area contributed by atoms with Crippen molar-refractivity contribution in [2.75, 3.05) is 5.73 Å². The van der Waals surface area contributed by atoms with Crippen LogP contribution in [-0.4, -0.2) is 4.98 Å². The predicted molar refractivity (Wildman–Crippen MR) is 64.9 cm³/mol. The number of pyridine rings is 1. The Morgan fingerprint density at radius 3 is 2.55 bits per heavy atom. The van der Waals surface area contributed by atoms with E-state index < -0.39 is 17.5 Å². The van der Waals surface area contributed by atoms with Gasteiger partial charge in [-0.3, -0.25) is 0 Å². The number of rotatable bonds is 2. The maximum Gasteiger partial charge on any atom is 0.420 e. The summed E-state index contributed by atoms with van der Waals surface area (Å²) in [5, 5.41) is 8.66. The third-order valence-corrected chi connectivity index (χ3v) is 2.39. The average Bonchev–Trinajstić information content (AvgIpc) is 2.38. The van der Waals surface area contributed by atoms with Crippen LogP contribution in [0.1, 0.15) is 11.1 Å². The van der Waals surface area contributed by atoms with E-state index in [1.54, 1.807) is 6.07 Å². The Morgan fingerprint density at radius 1 is 1.20 bits per heavy atom. The Hall–Kier alpha value is -2.75. The fourth-order valence-electron chi connectivity index (χ4n) is 1.53. The molecule has 2 N–H and O–H groups in total. The second-order valence-corrected chi connectivity index (χ2v) is 3.84. The molecule has 1 aromatic carbocycles. The molecule has 0 amide bonds. The lowest BCUT2D eigenvalue weighted by molar-refractivity contribution is -0.138. The first kappa shape index (κ1) is 13.7. The van der Waals surface area contributed by atoms with Crippen LogP contribution in [0.5, 0.6) is 11.5 Å². The van der Waals surface area contributed by atoms with E-state index in [-0.39, 0.29) is 17.1 Å². The number of hydrogen-bond donors (Lipinski definition) is 1. The molecule has 0 spiro atoms. The standard InChI is InChI=1S/C13H8F3N3O/c14-13(15,16)10-5-8(7-17)1-2-11(10)20-9-3-4-19-12(18)6-9/h1-6H,(H2,18,19). The zero-order chi connectivity index (χ0) is 14.8. The molecule has 0 bridgehead atoms. The number of nitrogen functional groups attached to an aromatic ring is 1. The molecule has 0 aliphatic heterocycles. The van der Waals surface area contributed by atoms with Crippen LogP contribution in [0.25, 0.3) is 0 Å². The van der Waals surface area contributed by atoms with Crippen LogP contribution < -0.4 is 10.5 Å². The highest BCUT2D eigenvalue weighted by atomic mass is 19.4. The summed E-state index contributed by atoms with van der Waals surface area (Å²) < 4.78 is 43.9. The lowest BCUT2D eigenvalue weighted by Gasteiger charge is -2.14. The van der Waals surface area contributed by atoms with Crippen molar-refractivity contribution in [2.24, 2.45) is 0 Å². The second kappa shape index (κ2) is 5.09. The summed E-state index contributed by atoms with van der Waals surface area (Å²) in [6.07, 6.45) is -3.30. The third-order valence-electron chi connectivity index (χ3n) is 2.39. The topological polar surface area (TPSA) is 71.9 Å². The van der Waals surface area contributed by atoms with Crippen LogP contribution in [0.4, 0.5) is 19.0 Å². The quantitative estimate of drug-likeness (QED) is 0.915. The normalized spacial score (nSPS) is 10.9. The summed E-state index contributed by atoms with van der Waals surface area (Å²) in [5.41, 5.74) is 4.31. The molecular formula is C13H8F3N3O. The van der Waals surface area contributed by atoms with E-state index >= 15 is 0 Å². The molecule has 20 heavy (non-hydrogen) atoms. The number of nitrogens with zero attached hydrogens (tertiary/aromatic N) is 2. The molecule has 0 unspecified atom stereocenters. The van der Waals surface area contributed by atoms with Crippen molar-refractivity contribution in [3.05, 3.63) is 47.7 Å². The molecule has 1 aromatic heterocycles. The minimum absolute atomic E-state index is 0.0982. The van der Waals surface area contributed by atoms with Gasteiger partial charge in [0.15, 0.2) is 0 Å². The molecule has 0 aliphatic carbocycles. The summed E-state index contributed by atoms with van der Waals surface area (Å²) in [6.45, 7) is 0. The number of nitrogens with two attached hydrogens (primary N) is 1. The van der Waals surface area contributed by atoms with Crippen molar-refractivity contribution in [2.45, 2.75) is 6.18 Å². The lowest BCUT2D eigenvalue weighted by atomic mass is 10.1. The lowest BCUT2D eigenvalue weighted by Crippen LogP contribution is -2.07. The number of halogens is 3. The van der Waals surface area contributed by atoms with Crippen LogP contribution in [0, 0.1) is 11.3 Å². The molecule has 0 atom stereocenters. The van der Waals surface area contributed by atoms with Gasteiger partial charge in [0.1, 0.15) is 17.3 Å². The first-order chi connectivity index (χ1) is 9.40. The second-order valence-electron chi connectivity index (χ2n) is 3.84. The molecule has 0 aliphatic rings. The van der Waals surface area contributed by atoms with E-state index in [0.717, 1.165) is 12.1 Å². The molecule has 0 radical (unpaired) electrons. The molecule has 1 heterocycles. The van der Waals surface area contributed by atoms with E-state index in [0.29, 0.717) is 0 Å². The number of alkyl halides is 3. The van der Waals surface area contributed by atoms with Crippen molar-refractivity contribution < 1.29 is 17.9 Å². The smallest absolute Gasteiger partial charge is 0.420 e. The largest absolute Gasteiger partial charge is 0.457 e. The fourth-order valence-corrected chi connectivity index (χ4v) is 1.53. The van der Waals surface area contributed by atoms with Gasteiger partial charge in [-0.05, 0) is 24.3 Å². The highest BCUT2D eigenvalue weighted by Crippen LogP contribution is 2.38. The van der Waals surface area contributed by atoms with Crippen molar-refractivity contribution >= 4 is 5.82 Å². The van der Waals surface area contributed by atoms with E-state index in [1.165, 1.54) is 24.4 Å². The Labute approximate surface area is 112 Å². The third kappa shape index (κ3) is 2.98. The van der Waals surface area contributed by atoms with Gasteiger partial charge in [0.25, 0.3) is 0 Å². The number of anilines is 1. The molecule has 2 aromatic rings. The summed E-state index contributed by atoms with van der Waals surface area (Å²) in [6, 6.07) is 7.42. The maximum atomic E-state index is 12.9. The predicted octanol–water partition coefficient (Wildman–Crippen LogP) is 3.35. The van der Waals surface area contributed by atoms with Crippen LogP contribution in [-0.2, 0) is 6.18 Å². The summed E-state index contributed by atoms with van der Waals surface area (Å²) in [7, 11) is 0. The number of hydrogen-bond acceptors (Lipinski definition) is 4. The van der Waals surface area contributed by atoms with Gasteiger partial charge in [0.05, 0.1) is 17.2 Å². The zero-order valence-electron chi connectivity index (χ0n) is 9.98. The SMILES string of the molecule is N#Cc1ccc(Oc2ccnc(N)c2)c(C(F)(F)F)c1. The van der Waals surface area contributed by atoms with Gasteiger partial charge in [0.2, 0.25) is 0 Å². The molecule has 2 rings (SSSR count). The van der Waals surface area contributed by atoms with Gasteiger partial charge in [-0.1, -0.05) is 0 Å². The number of benzene rings is 1. The minimum Gasteiger partial charge on any atom is -0.457 e. The van der Waals surface area contributed by atoms with E-state index in [9.17, 15) is 13.2 Å². The fraction of sp³-hybridized carbons (Fsp3) is 0.0769. The van der Waals surface area contributed by atoms with Gasteiger partial charge in [-0.2, -0.15) is 18.4 Å².